The van der Waals surface area contributed by atoms with Crippen molar-refractivity contribution in [3.63, 3.8) is 0 Å². The van der Waals surface area contributed by atoms with Gasteiger partial charge in [0.25, 0.3) is 5.91 Å². The first-order valence-electron chi connectivity index (χ1n) is 9.96. The second-order valence-electron chi connectivity index (χ2n) is 7.26. The molecule has 0 saturated heterocycles. The fourth-order valence-corrected chi connectivity index (χ4v) is 3.52. The summed E-state index contributed by atoms with van der Waals surface area (Å²) in [6, 6.07) is 17.3. The molecule has 4 rings (SSSR count). The van der Waals surface area contributed by atoms with Crippen LogP contribution in [0, 0.1) is 19.7 Å². The second-order valence-corrected chi connectivity index (χ2v) is 8.17. The van der Waals surface area contributed by atoms with Crippen LogP contribution in [0.5, 0.6) is 5.75 Å². The number of ether oxygens (including phenoxy) is 1. The van der Waals surface area contributed by atoms with Gasteiger partial charge in [-0.15, -0.1) is 0 Å². The quantitative estimate of drug-likeness (QED) is 0.346. The SMILES string of the molecule is Cc1nn(Cc2ccccc2F)c(C)c1NC(=O)c1ccc(COc2ccc(Br)cc2)o1. The molecule has 4 aromatic rings. The number of nitrogens with zero attached hydrogens (tertiary/aromatic N) is 2. The highest BCUT2D eigenvalue weighted by Crippen LogP contribution is 2.23. The molecule has 2 aromatic heterocycles. The Labute approximate surface area is 193 Å². The number of furan rings is 1. The molecule has 0 aliphatic rings. The number of rotatable bonds is 7. The Morgan fingerprint density at radius 3 is 2.62 bits per heavy atom. The number of hydrogen-bond acceptors (Lipinski definition) is 4. The lowest BCUT2D eigenvalue weighted by atomic mass is 10.2. The highest BCUT2D eigenvalue weighted by Gasteiger charge is 2.18. The van der Waals surface area contributed by atoms with E-state index in [1.807, 2.05) is 31.2 Å². The molecule has 8 heteroatoms. The third-order valence-corrected chi connectivity index (χ3v) is 5.51. The number of nitrogens with one attached hydrogen (secondary N) is 1. The molecule has 0 saturated carbocycles. The number of carbonyl (C=O) groups excluding carboxylic acids is 1. The van der Waals surface area contributed by atoms with Gasteiger partial charge in [-0.1, -0.05) is 34.1 Å². The predicted molar refractivity (Wildman–Crippen MR) is 122 cm³/mol. The minimum atomic E-state index is -0.392. The van der Waals surface area contributed by atoms with E-state index in [0.29, 0.717) is 28.5 Å². The van der Waals surface area contributed by atoms with Crippen LogP contribution in [0.2, 0.25) is 0 Å². The van der Waals surface area contributed by atoms with Gasteiger partial charge in [0.15, 0.2) is 5.76 Å². The Morgan fingerprint density at radius 1 is 1.12 bits per heavy atom. The van der Waals surface area contributed by atoms with E-state index in [1.165, 1.54) is 6.07 Å². The van der Waals surface area contributed by atoms with Crippen LogP contribution in [0.15, 0.2) is 69.6 Å². The number of anilines is 1. The lowest BCUT2D eigenvalue weighted by Gasteiger charge is -2.07. The number of carbonyl (C=O) groups is 1. The lowest BCUT2D eigenvalue weighted by Crippen LogP contribution is -2.12. The zero-order valence-corrected chi connectivity index (χ0v) is 19.1. The maximum Gasteiger partial charge on any atom is 0.291 e. The highest BCUT2D eigenvalue weighted by atomic mass is 79.9. The molecule has 0 bridgehead atoms. The van der Waals surface area contributed by atoms with Crippen LogP contribution in [-0.4, -0.2) is 15.7 Å². The lowest BCUT2D eigenvalue weighted by molar-refractivity contribution is 0.0992. The average molecular weight is 498 g/mol. The predicted octanol–water partition coefficient (Wildman–Crippen LogP) is 5.87. The molecular weight excluding hydrogens is 477 g/mol. The van der Waals surface area contributed by atoms with Gasteiger partial charge in [-0.25, -0.2) is 4.39 Å². The summed E-state index contributed by atoms with van der Waals surface area (Å²) in [5.41, 5.74) is 2.47. The van der Waals surface area contributed by atoms with E-state index >= 15 is 0 Å². The molecule has 0 atom stereocenters. The molecule has 0 spiro atoms. The molecule has 0 radical (unpaired) electrons. The third kappa shape index (κ3) is 4.91. The van der Waals surface area contributed by atoms with E-state index < -0.39 is 5.91 Å². The fourth-order valence-electron chi connectivity index (χ4n) is 3.26. The van der Waals surface area contributed by atoms with Crippen LogP contribution in [0.4, 0.5) is 10.1 Å². The maximum absolute atomic E-state index is 14.0. The van der Waals surface area contributed by atoms with Crippen molar-refractivity contribution >= 4 is 27.5 Å². The van der Waals surface area contributed by atoms with Gasteiger partial charge >= 0.3 is 0 Å². The summed E-state index contributed by atoms with van der Waals surface area (Å²) < 4.78 is 27.9. The van der Waals surface area contributed by atoms with E-state index in [4.69, 9.17) is 9.15 Å². The largest absolute Gasteiger partial charge is 0.486 e. The van der Waals surface area contributed by atoms with E-state index in [9.17, 15) is 9.18 Å². The summed E-state index contributed by atoms with van der Waals surface area (Å²) in [6.45, 7) is 4.09. The molecule has 2 heterocycles. The first-order chi connectivity index (χ1) is 15.4. The molecule has 0 unspecified atom stereocenters. The first-order valence-corrected chi connectivity index (χ1v) is 10.8. The Morgan fingerprint density at radius 2 is 1.88 bits per heavy atom. The van der Waals surface area contributed by atoms with Crippen LogP contribution in [0.3, 0.4) is 0 Å². The summed E-state index contributed by atoms with van der Waals surface area (Å²) in [7, 11) is 0. The molecular formula is C24H21BrFN3O3. The van der Waals surface area contributed by atoms with Crippen molar-refractivity contribution in [2.75, 3.05) is 5.32 Å². The van der Waals surface area contributed by atoms with Gasteiger partial charge in [0, 0.05) is 10.0 Å². The third-order valence-electron chi connectivity index (χ3n) is 4.98. The number of amides is 1. The van der Waals surface area contributed by atoms with Crippen molar-refractivity contribution in [2.24, 2.45) is 0 Å². The van der Waals surface area contributed by atoms with E-state index in [-0.39, 0.29) is 24.7 Å². The van der Waals surface area contributed by atoms with Gasteiger partial charge < -0.3 is 14.5 Å². The van der Waals surface area contributed by atoms with Gasteiger partial charge in [0.2, 0.25) is 0 Å². The highest BCUT2D eigenvalue weighted by molar-refractivity contribution is 9.10. The van der Waals surface area contributed by atoms with E-state index in [0.717, 1.165) is 10.2 Å². The standard InChI is InChI=1S/C24H21BrFN3O3/c1-15-23(16(2)29(28-15)13-17-5-3-4-6-21(17)26)27-24(30)22-12-11-20(32-22)14-31-19-9-7-18(25)8-10-19/h3-12H,13-14H2,1-2H3,(H,27,30). The molecule has 0 fully saturated rings. The summed E-state index contributed by atoms with van der Waals surface area (Å²) in [6.07, 6.45) is 0. The number of aromatic nitrogens is 2. The van der Waals surface area contributed by atoms with Crippen LogP contribution in [-0.2, 0) is 13.2 Å². The van der Waals surface area contributed by atoms with Crippen LogP contribution in [0.25, 0.3) is 0 Å². The Kier molecular flexibility index (Phi) is 6.41. The van der Waals surface area contributed by atoms with Crippen LogP contribution < -0.4 is 10.1 Å². The zero-order valence-electron chi connectivity index (χ0n) is 17.6. The molecule has 1 N–H and O–H groups in total. The minimum Gasteiger partial charge on any atom is -0.486 e. The second kappa shape index (κ2) is 9.40. The Balaban J connectivity index is 1.42. The molecule has 0 aliphatic carbocycles. The number of benzene rings is 2. The Bertz CT molecular complexity index is 1250. The van der Waals surface area contributed by atoms with Gasteiger partial charge in [-0.3, -0.25) is 9.48 Å². The number of hydrogen-bond donors (Lipinski definition) is 1. The zero-order chi connectivity index (χ0) is 22.7. The number of halogens is 2. The van der Waals surface area contributed by atoms with Gasteiger partial charge in [0.1, 0.15) is 23.9 Å². The summed E-state index contributed by atoms with van der Waals surface area (Å²) >= 11 is 3.38. The van der Waals surface area contributed by atoms with Crippen molar-refractivity contribution < 1.29 is 18.3 Å². The van der Waals surface area contributed by atoms with Crippen molar-refractivity contribution in [3.05, 3.63) is 99.4 Å². The van der Waals surface area contributed by atoms with Crippen molar-refractivity contribution in [3.8, 4) is 5.75 Å². The Hall–Kier alpha value is -3.39. The van der Waals surface area contributed by atoms with Crippen LogP contribution in [0.1, 0.15) is 33.3 Å². The summed E-state index contributed by atoms with van der Waals surface area (Å²) in [5, 5.41) is 7.30. The molecule has 2 aromatic carbocycles. The van der Waals surface area contributed by atoms with E-state index in [1.54, 1.807) is 41.9 Å². The minimum absolute atomic E-state index is 0.167. The summed E-state index contributed by atoms with van der Waals surface area (Å²) in [4.78, 5) is 12.7. The van der Waals surface area contributed by atoms with Crippen LogP contribution >= 0.6 is 15.9 Å². The average Bonchev–Trinajstić information content (AvgIpc) is 3.35. The van der Waals surface area contributed by atoms with Crippen molar-refractivity contribution in [1.29, 1.82) is 0 Å². The van der Waals surface area contributed by atoms with Crippen molar-refractivity contribution in [2.45, 2.75) is 27.0 Å². The topological polar surface area (TPSA) is 69.3 Å². The molecule has 164 valence electrons. The molecule has 1 amide bonds. The fraction of sp³-hybridized carbons (Fsp3) is 0.167. The first kappa shape index (κ1) is 21.8. The van der Waals surface area contributed by atoms with E-state index in [2.05, 4.69) is 26.3 Å². The monoisotopic (exact) mass is 497 g/mol. The number of aryl methyl sites for hydroxylation is 1. The maximum atomic E-state index is 14.0. The summed E-state index contributed by atoms with van der Waals surface area (Å²) in [5.74, 6) is 0.710. The van der Waals surface area contributed by atoms with Gasteiger partial charge in [0.05, 0.1) is 23.6 Å². The molecule has 32 heavy (non-hydrogen) atoms. The smallest absolute Gasteiger partial charge is 0.291 e. The van der Waals surface area contributed by atoms with Crippen molar-refractivity contribution in [1.82, 2.24) is 9.78 Å². The van der Waals surface area contributed by atoms with Gasteiger partial charge in [-0.05, 0) is 56.3 Å². The van der Waals surface area contributed by atoms with Gasteiger partial charge in [-0.2, -0.15) is 5.10 Å². The molecule has 6 nitrogen and oxygen atoms in total. The normalized spacial score (nSPS) is 10.9. The molecule has 0 aliphatic heterocycles.